The van der Waals surface area contributed by atoms with E-state index in [2.05, 4.69) is 32.0 Å². The highest BCUT2D eigenvalue weighted by atomic mass is 32.1. The van der Waals surface area contributed by atoms with Crippen LogP contribution in [0, 0.1) is 0 Å². The Morgan fingerprint density at radius 3 is 3.11 bits per heavy atom. The van der Waals surface area contributed by atoms with Gasteiger partial charge in [-0.3, -0.25) is 0 Å². The molecule has 1 N–H and O–H groups in total. The second-order valence-corrected chi connectivity index (χ2v) is 5.57. The molecule has 2 aromatic heterocycles. The average molecular weight is 263 g/mol. The molecule has 0 saturated carbocycles. The summed E-state index contributed by atoms with van der Waals surface area (Å²) >= 11 is 1.62. The van der Waals surface area contributed by atoms with Crippen LogP contribution in [0.1, 0.15) is 36.2 Å². The smallest absolute Gasteiger partial charge is 0.205 e. The van der Waals surface area contributed by atoms with E-state index in [-0.39, 0.29) is 0 Å². The summed E-state index contributed by atoms with van der Waals surface area (Å²) in [6, 6.07) is 0. The quantitative estimate of drug-likeness (QED) is 0.917. The lowest BCUT2D eigenvalue weighted by Crippen LogP contribution is -2.08. The van der Waals surface area contributed by atoms with Crippen molar-refractivity contribution in [3.8, 4) is 0 Å². The number of fused-ring (bicyclic) bond motifs is 1. The molecule has 2 heterocycles. The van der Waals surface area contributed by atoms with E-state index in [1.165, 1.54) is 24.2 Å². The molecule has 0 atom stereocenters. The van der Waals surface area contributed by atoms with Crippen molar-refractivity contribution >= 4 is 16.5 Å². The Labute approximate surface area is 110 Å². The minimum Gasteiger partial charge on any atom is -0.360 e. The van der Waals surface area contributed by atoms with Crippen molar-refractivity contribution in [1.29, 1.82) is 0 Å². The number of hydrogen-bond acceptors (Lipinski definition) is 5. The third kappa shape index (κ3) is 2.25. The van der Waals surface area contributed by atoms with Gasteiger partial charge in [0.25, 0.3) is 0 Å². The first-order chi connectivity index (χ1) is 8.86. The molecule has 18 heavy (non-hydrogen) atoms. The van der Waals surface area contributed by atoms with E-state index in [1.54, 1.807) is 11.3 Å². The molecule has 0 aliphatic heterocycles. The van der Waals surface area contributed by atoms with Gasteiger partial charge in [0, 0.05) is 12.2 Å². The van der Waals surface area contributed by atoms with Crippen LogP contribution in [0.3, 0.4) is 0 Å². The van der Waals surface area contributed by atoms with Crippen molar-refractivity contribution in [2.45, 2.75) is 39.2 Å². The Morgan fingerprint density at radius 2 is 2.22 bits per heavy atom. The normalized spacial score (nSPS) is 14.5. The van der Waals surface area contributed by atoms with Crippen molar-refractivity contribution < 1.29 is 0 Å². The van der Waals surface area contributed by atoms with Crippen LogP contribution in [0.15, 0.2) is 6.33 Å². The van der Waals surface area contributed by atoms with Crippen LogP contribution in [-0.2, 0) is 19.4 Å². The van der Waals surface area contributed by atoms with Crippen molar-refractivity contribution in [2.75, 3.05) is 11.9 Å². The summed E-state index contributed by atoms with van der Waals surface area (Å²) in [4.78, 5) is 4.50. The molecule has 2 aromatic rings. The molecule has 0 radical (unpaired) electrons. The molecule has 0 saturated heterocycles. The van der Waals surface area contributed by atoms with Gasteiger partial charge in [-0.25, -0.2) is 4.98 Å². The van der Waals surface area contributed by atoms with Gasteiger partial charge in [-0.1, -0.05) is 11.3 Å². The topological polar surface area (TPSA) is 55.6 Å². The predicted molar refractivity (Wildman–Crippen MR) is 72.0 cm³/mol. The van der Waals surface area contributed by atoms with Gasteiger partial charge in [-0.2, -0.15) is 0 Å². The molecule has 3 rings (SSSR count). The summed E-state index contributed by atoms with van der Waals surface area (Å²) in [5, 5.41) is 13.5. The first-order valence-corrected chi connectivity index (χ1v) is 7.27. The molecule has 6 heteroatoms. The van der Waals surface area contributed by atoms with E-state index in [4.69, 9.17) is 0 Å². The van der Waals surface area contributed by atoms with Crippen molar-refractivity contribution in [3.05, 3.63) is 22.7 Å². The molecule has 0 bridgehead atoms. The maximum absolute atomic E-state index is 4.50. The SMILES string of the molecule is CCNc1nnc(Cn2cnc3c2CCCC3)s1. The van der Waals surface area contributed by atoms with E-state index in [1.807, 2.05) is 6.33 Å². The number of anilines is 1. The molecule has 1 aliphatic carbocycles. The molecule has 0 fully saturated rings. The molecule has 96 valence electrons. The highest BCUT2D eigenvalue weighted by Crippen LogP contribution is 2.22. The van der Waals surface area contributed by atoms with E-state index in [0.29, 0.717) is 0 Å². The molecule has 0 unspecified atom stereocenters. The number of aromatic nitrogens is 4. The van der Waals surface area contributed by atoms with E-state index < -0.39 is 0 Å². The minimum absolute atomic E-state index is 0.797. The fraction of sp³-hybridized carbons (Fsp3) is 0.583. The summed E-state index contributed by atoms with van der Waals surface area (Å²) in [6.45, 7) is 3.74. The fourth-order valence-electron chi connectivity index (χ4n) is 2.35. The van der Waals surface area contributed by atoms with Crippen molar-refractivity contribution in [3.63, 3.8) is 0 Å². The fourth-order valence-corrected chi connectivity index (χ4v) is 3.16. The Balaban J connectivity index is 1.77. The molecule has 0 spiro atoms. The van der Waals surface area contributed by atoms with Gasteiger partial charge in [0.15, 0.2) is 0 Å². The second-order valence-electron chi connectivity index (χ2n) is 4.50. The standard InChI is InChI=1S/C12H17N5S/c1-2-13-12-16-15-11(18-12)7-17-8-14-9-5-3-4-6-10(9)17/h8H,2-7H2,1H3,(H,13,16). The molecule has 0 aromatic carbocycles. The Bertz CT molecular complexity index is 530. The zero-order valence-corrected chi connectivity index (χ0v) is 11.3. The molecular weight excluding hydrogens is 246 g/mol. The lowest BCUT2D eigenvalue weighted by molar-refractivity contribution is 0.626. The second kappa shape index (κ2) is 5.06. The third-order valence-corrected chi connectivity index (χ3v) is 4.08. The zero-order chi connectivity index (χ0) is 12.4. The lowest BCUT2D eigenvalue weighted by atomic mass is 10.0. The number of rotatable bonds is 4. The highest BCUT2D eigenvalue weighted by molar-refractivity contribution is 7.15. The van der Waals surface area contributed by atoms with Gasteiger partial charge in [0.1, 0.15) is 5.01 Å². The largest absolute Gasteiger partial charge is 0.360 e. The van der Waals surface area contributed by atoms with E-state index in [0.717, 1.165) is 36.1 Å². The first kappa shape index (κ1) is 11.6. The Hall–Kier alpha value is -1.43. The Morgan fingerprint density at radius 1 is 1.33 bits per heavy atom. The van der Waals surface area contributed by atoms with Crippen molar-refractivity contribution in [2.24, 2.45) is 0 Å². The number of aryl methyl sites for hydroxylation is 1. The van der Waals surface area contributed by atoms with Gasteiger partial charge < -0.3 is 9.88 Å². The van der Waals surface area contributed by atoms with Gasteiger partial charge in [0.2, 0.25) is 5.13 Å². The lowest BCUT2D eigenvalue weighted by Gasteiger charge is -2.12. The number of hydrogen-bond donors (Lipinski definition) is 1. The van der Waals surface area contributed by atoms with Crippen LogP contribution in [0.4, 0.5) is 5.13 Å². The summed E-state index contributed by atoms with van der Waals surface area (Å²) in [5.74, 6) is 0. The number of nitrogens with one attached hydrogen (secondary N) is 1. The van der Waals surface area contributed by atoms with Crippen molar-refractivity contribution in [1.82, 2.24) is 19.7 Å². The summed E-state index contributed by atoms with van der Waals surface area (Å²) in [7, 11) is 0. The number of nitrogens with zero attached hydrogens (tertiary/aromatic N) is 4. The number of imidazole rings is 1. The predicted octanol–water partition coefficient (Wildman–Crippen LogP) is 2.09. The zero-order valence-electron chi connectivity index (χ0n) is 10.5. The van der Waals surface area contributed by atoms with Crippen LogP contribution in [0.2, 0.25) is 0 Å². The van der Waals surface area contributed by atoms with Gasteiger partial charge in [-0.15, -0.1) is 10.2 Å². The maximum atomic E-state index is 4.50. The first-order valence-electron chi connectivity index (χ1n) is 6.46. The third-order valence-electron chi connectivity index (χ3n) is 3.21. The molecule has 5 nitrogen and oxygen atoms in total. The van der Waals surface area contributed by atoms with Crippen LogP contribution >= 0.6 is 11.3 Å². The Kier molecular flexibility index (Phi) is 3.27. The summed E-state index contributed by atoms with van der Waals surface area (Å²) in [6.07, 6.45) is 6.77. The van der Waals surface area contributed by atoms with Crippen LogP contribution < -0.4 is 5.32 Å². The van der Waals surface area contributed by atoms with Crippen LogP contribution in [0.5, 0.6) is 0 Å². The minimum atomic E-state index is 0.797. The molecular formula is C12H17N5S. The van der Waals surface area contributed by atoms with Gasteiger partial charge in [-0.05, 0) is 32.6 Å². The van der Waals surface area contributed by atoms with E-state index in [9.17, 15) is 0 Å². The highest BCUT2D eigenvalue weighted by Gasteiger charge is 2.16. The maximum Gasteiger partial charge on any atom is 0.205 e. The summed E-state index contributed by atoms with van der Waals surface area (Å²) in [5.41, 5.74) is 2.67. The van der Waals surface area contributed by atoms with E-state index >= 15 is 0 Å². The van der Waals surface area contributed by atoms with Crippen LogP contribution in [-0.4, -0.2) is 26.3 Å². The summed E-state index contributed by atoms with van der Waals surface area (Å²) < 4.78 is 2.23. The molecule has 1 aliphatic rings. The van der Waals surface area contributed by atoms with Gasteiger partial charge >= 0.3 is 0 Å². The average Bonchev–Trinajstić information content (AvgIpc) is 2.99. The van der Waals surface area contributed by atoms with Gasteiger partial charge in [0.05, 0.1) is 18.6 Å². The van der Waals surface area contributed by atoms with Crippen LogP contribution in [0.25, 0.3) is 0 Å². The monoisotopic (exact) mass is 263 g/mol. The molecule has 0 amide bonds.